The number of nitrogens with one attached hydrogen (secondary N) is 1. The third-order valence-electron chi connectivity index (χ3n) is 5.55. The van der Waals surface area contributed by atoms with Crippen molar-refractivity contribution in [3.8, 4) is 0 Å². The second kappa shape index (κ2) is 7.34. The molecule has 1 saturated carbocycles. The molecule has 1 heterocycles. The van der Waals surface area contributed by atoms with Gasteiger partial charge in [-0.05, 0) is 51.9 Å². The highest BCUT2D eigenvalue weighted by Gasteiger charge is 2.44. The number of anilines is 1. The third kappa shape index (κ3) is 3.98. The number of morpholine rings is 1. The van der Waals surface area contributed by atoms with Gasteiger partial charge in [0, 0.05) is 12.2 Å². The van der Waals surface area contributed by atoms with Crippen molar-refractivity contribution >= 4 is 11.7 Å². The summed E-state index contributed by atoms with van der Waals surface area (Å²) in [6.45, 7) is 6.21. The van der Waals surface area contributed by atoms with Crippen LogP contribution in [0.25, 0.3) is 0 Å². The van der Waals surface area contributed by atoms with Gasteiger partial charge in [-0.3, -0.25) is 0 Å². The summed E-state index contributed by atoms with van der Waals surface area (Å²) in [5, 5.41) is 3.17. The molecule has 1 saturated heterocycles. The average molecular weight is 345 g/mol. The van der Waals surface area contributed by atoms with Crippen LogP contribution in [0.1, 0.15) is 36.8 Å². The van der Waals surface area contributed by atoms with E-state index in [1.165, 1.54) is 12.8 Å². The number of likely N-dealkylation sites (N-methyl/N-ethyl adjacent to an activating group) is 1. The van der Waals surface area contributed by atoms with Gasteiger partial charge < -0.3 is 19.9 Å². The first kappa shape index (κ1) is 18.2. The number of hydrogen-bond donors (Lipinski definition) is 1. The van der Waals surface area contributed by atoms with Gasteiger partial charge in [0.05, 0.1) is 24.8 Å². The monoisotopic (exact) mass is 345 g/mol. The molecular formula is C20H31N3O2. The summed E-state index contributed by atoms with van der Waals surface area (Å²) in [5.41, 5.74) is 3.01. The van der Waals surface area contributed by atoms with Gasteiger partial charge in [0.25, 0.3) is 0 Å². The standard InChI is InChI=1S/C20H31N3O2/c1-15-8-7-9-16(2)18(15)21-19(24)23-14-20(10-5-6-11-20)25-13-17(23)12-22(3)4/h7-9,17H,5-6,10-14H2,1-4H3,(H,21,24). The Morgan fingerprint density at radius 1 is 1.28 bits per heavy atom. The number of hydrogen-bond acceptors (Lipinski definition) is 3. The smallest absolute Gasteiger partial charge is 0.322 e. The lowest BCUT2D eigenvalue weighted by Gasteiger charge is -2.46. The Balaban J connectivity index is 1.79. The number of carbonyl (C=O) groups excluding carboxylic acids is 1. The quantitative estimate of drug-likeness (QED) is 0.913. The second-order valence-corrected chi connectivity index (χ2v) is 7.94. The van der Waals surface area contributed by atoms with E-state index < -0.39 is 0 Å². The average Bonchev–Trinajstić information content (AvgIpc) is 3.00. The molecule has 1 N–H and O–H groups in total. The van der Waals surface area contributed by atoms with Gasteiger partial charge in [-0.2, -0.15) is 0 Å². The van der Waals surface area contributed by atoms with Gasteiger partial charge in [0.2, 0.25) is 0 Å². The Morgan fingerprint density at radius 2 is 1.92 bits per heavy atom. The molecule has 25 heavy (non-hydrogen) atoms. The minimum Gasteiger partial charge on any atom is -0.371 e. The van der Waals surface area contributed by atoms with Crippen molar-refractivity contribution in [1.29, 1.82) is 0 Å². The molecule has 3 rings (SSSR count). The number of ether oxygens (including phenoxy) is 1. The normalized spacial score (nSPS) is 22.6. The van der Waals surface area contributed by atoms with Crippen molar-refractivity contribution in [3.05, 3.63) is 29.3 Å². The van der Waals surface area contributed by atoms with E-state index in [2.05, 4.69) is 10.2 Å². The molecule has 1 unspecified atom stereocenters. The van der Waals surface area contributed by atoms with Crippen molar-refractivity contribution in [1.82, 2.24) is 9.80 Å². The third-order valence-corrected chi connectivity index (χ3v) is 5.55. The maximum absolute atomic E-state index is 13.1. The van der Waals surface area contributed by atoms with E-state index in [-0.39, 0.29) is 17.7 Å². The molecule has 2 aliphatic rings. The molecule has 1 spiro atoms. The Morgan fingerprint density at radius 3 is 2.52 bits per heavy atom. The van der Waals surface area contributed by atoms with Crippen molar-refractivity contribution in [2.24, 2.45) is 0 Å². The summed E-state index contributed by atoms with van der Waals surface area (Å²) in [6, 6.07) is 6.19. The number of rotatable bonds is 3. The summed E-state index contributed by atoms with van der Waals surface area (Å²) < 4.78 is 6.27. The molecule has 0 aromatic heterocycles. The van der Waals surface area contributed by atoms with Crippen LogP contribution < -0.4 is 5.32 Å². The van der Waals surface area contributed by atoms with E-state index in [1.807, 2.05) is 51.0 Å². The van der Waals surface area contributed by atoms with Crippen LogP contribution in [0.3, 0.4) is 0 Å². The minimum absolute atomic E-state index is 0.00109. The molecular weight excluding hydrogens is 314 g/mol. The van der Waals surface area contributed by atoms with E-state index >= 15 is 0 Å². The van der Waals surface area contributed by atoms with Gasteiger partial charge in [-0.25, -0.2) is 4.79 Å². The molecule has 1 aliphatic carbocycles. The van der Waals surface area contributed by atoms with Crippen LogP contribution in [0.15, 0.2) is 18.2 Å². The summed E-state index contributed by atoms with van der Waals surface area (Å²) in [7, 11) is 4.09. The highest BCUT2D eigenvalue weighted by Crippen LogP contribution is 2.37. The van der Waals surface area contributed by atoms with Crippen LogP contribution in [0, 0.1) is 13.8 Å². The molecule has 1 aliphatic heterocycles. The van der Waals surface area contributed by atoms with Crippen LogP contribution in [-0.2, 0) is 4.74 Å². The first-order valence-corrected chi connectivity index (χ1v) is 9.33. The molecule has 1 aromatic carbocycles. The molecule has 138 valence electrons. The van der Waals surface area contributed by atoms with Gasteiger partial charge in [0.15, 0.2) is 0 Å². The fourth-order valence-electron chi connectivity index (χ4n) is 4.17. The maximum Gasteiger partial charge on any atom is 0.322 e. The van der Waals surface area contributed by atoms with Crippen molar-refractivity contribution in [3.63, 3.8) is 0 Å². The highest BCUT2D eigenvalue weighted by atomic mass is 16.5. The molecule has 0 radical (unpaired) electrons. The lowest BCUT2D eigenvalue weighted by Crippen LogP contribution is -2.60. The molecule has 0 bridgehead atoms. The number of nitrogens with zero attached hydrogens (tertiary/aromatic N) is 2. The highest BCUT2D eigenvalue weighted by molar-refractivity contribution is 5.91. The Bertz CT molecular complexity index is 603. The van der Waals surface area contributed by atoms with Gasteiger partial charge >= 0.3 is 6.03 Å². The van der Waals surface area contributed by atoms with Gasteiger partial charge in [0.1, 0.15) is 0 Å². The van der Waals surface area contributed by atoms with E-state index in [0.717, 1.165) is 36.2 Å². The zero-order valence-corrected chi connectivity index (χ0v) is 16.0. The van der Waals surface area contributed by atoms with Crippen LogP contribution in [0.2, 0.25) is 0 Å². The summed E-state index contributed by atoms with van der Waals surface area (Å²) in [6.07, 6.45) is 4.53. The van der Waals surface area contributed by atoms with Gasteiger partial charge in [-0.1, -0.05) is 31.0 Å². The number of para-hydroxylation sites is 1. The van der Waals surface area contributed by atoms with Crippen molar-refractivity contribution in [2.45, 2.75) is 51.2 Å². The zero-order chi connectivity index (χ0) is 18.0. The molecule has 5 nitrogen and oxygen atoms in total. The molecule has 1 atom stereocenters. The lowest BCUT2D eigenvalue weighted by molar-refractivity contribution is -0.118. The SMILES string of the molecule is Cc1cccc(C)c1NC(=O)N1CC2(CCCC2)OCC1CN(C)C. The summed E-state index contributed by atoms with van der Waals surface area (Å²) in [4.78, 5) is 17.3. The minimum atomic E-state index is -0.124. The number of aryl methyl sites for hydroxylation is 2. The fourth-order valence-corrected chi connectivity index (χ4v) is 4.17. The fraction of sp³-hybridized carbons (Fsp3) is 0.650. The summed E-state index contributed by atoms with van der Waals surface area (Å²) >= 11 is 0. The topological polar surface area (TPSA) is 44.8 Å². The number of urea groups is 1. The number of benzene rings is 1. The maximum atomic E-state index is 13.1. The Hall–Kier alpha value is -1.59. The van der Waals surface area contributed by atoms with E-state index in [0.29, 0.717) is 13.2 Å². The first-order valence-electron chi connectivity index (χ1n) is 9.33. The van der Waals surface area contributed by atoms with Crippen LogP contribution in [-0.4, -0.2) is 61.3 Å². The largest absolute Gasteiger partial charge is 0.371 e. The first-order chi connectivity index (χ1) is 11.9. The van der Waals surface area contributed by atoms with Crippen molar-refractivity contribution < 1.29 is 9.53 Å². The molecule has 5 heteroatoms. The van der Waals surface area contributed by atoms with Gasteiger partial charge in [-0.15, -0.1) is 0 Å². The number of amides is 2. The lowest BCUT2D eigenvalue weighted by atomic mass is 9.97. The molecule has 1 aromatic rings. The molecule has 2 amide bonds. The van der Waals surface area contributed by atoms with Crippen LogP contribution in [0.5, 0.6) is 0 Å². The Labute approximate surface area is 151 Å². The predicted octanol–water partition coefficient (Wildman–Crippen LogP) is 3.41. The van der Waals surface area contributed by atoms with E-state index in [1.54, 1.807) is 0 Å². The van der Waals surface area contributed by atoms with E-state index in [9.17, 15) is 4.79 Å². The van der Waals surface area contributed by atoms with Crippen LogP contribution >= 0.6 is 0 Å². The Kier molecular flexibility index (Phi) is 5.35. The predicted molar refractivity (Wildman–Crippen MR) is 101 cm³/mol. The number of carbonyl (C=O) groups is 1. The second-order valence-electron chi connectivity index (χ2n) is 7.94. The molecule has 2 fully saturated rings. The van der Waals surface area contributed by atoms with E-state index in [4.69, 9.17) is 4.74 Å². The van der Waals surface area contributed by atoms with Crippen molar-refractivity contribution in [2.75, 3.05) is 39.1 Å². The summed E-state index contributed by atoms with van der Waals surface area (Å²) in [5.74, 6) is 0. The zero-order valence-electron chi connectivity index (χ0n) is 16.0. The van der Waals surface area contributed by atoms with Crippen LogP contribution in [0.4, 0.5) is 10.5 Å².